The van der Waals surface area contributed by atoms with Crippen molar-refractivity contribution < 1.29 is 14.4 Å². The van der Waals surface area contributed by atoms with Crippen molar-refractivity contribution in [3.63, 3.8) is 0 Å². The molecule has 1 saturated heterocycles. The van der Waals surface area contributed by atoms with E-state index in [0.29, 0.717) is 12.0 Å². The van der Waals surface area contributed by atoms with Gasteiger partial charge in [0.15, 0.2) is 5.41 Å². The normalized spacial score (nSPS) is 26.6. The molecule has 90 valence electrons. The second kappa shape index (κ2) is 3.84. The van der Waals surface area contributed by atoms with Crippen LogP contribution in [0.25, 0.3) is 0 Å². The van der Waals surface area contributed by atoms with Crippen molar-refractivity contribution in [3.05, 3.63) is 24.3 Å². The third kappa shape index (κ3) is 1.50. The largest absolute Gasteiger partial charge is 0.328 e. The van der Waals surface area contributed by atoms with E-state index in [9.17, 15) is 14.4 Å². The van der Waals surface area contributed by atoms with Crippen molar-refractivity contribution >= 4 is 17.8 Å². The Morgan fingerprint density at radius 3 is 2.35 bits per heavy atom. The fraction of sp³-hybridized carbons (Fsp3) is 0.417. The molecule has 0 aromatic heterocycles. The van der Waals surface area contributed by atoms with Crippen LogP contribution in [0.5, 0.6) is 0 Å². The number of amides is 4. The maximum Gasteiger partial charge on any atom is 0.328 e. The van der Waals surface area contributed by atoms with Gasteiger partial charge in [-0.15, -0.1) is 0 Å². The Bertz CT molecular complexity index is 431. The fourth-order valence-corrected chi connectivity index (χ4v) is 2.57. The first-order chi connectivity index (χ1) is 7.99. The second-order valence-corrected chi connectivity index (χ2v) is 4.44. The summed E-state index contributed by atoms with van der Waals surface area (Å²) in [6, 6.07) is -0.765. The molecule has 2 aliphatic rings. The van der Waals surface area contributed by atoms with Crippen molar-refractivity contribution in [1.82, 2.24) is 10.6 Å². The zero-order valence-corrected chi connectivity index (χ0v) is 9.58. The molecule has 2 rings (SSSR count). The minimum absolute atomic E-state index is 0.229. The maximum atomic E-state index is 12.1. The van der Waals surface area contributed by atoms with Crippen molar-refractivity contribution in [2.75, 3.05) is 0 Å². The Morgan fingerprint density at radius 2 is 1.94 bits per heavy atom. The van der Waals surface area contributed by atoms with Crippen LogP contribution in [0.4, 0.5) is 4.79 Å². The second-order valence-electron chi connectivity index (χ2n) is 4.44. The van der Waals surface area contributed by atoms with Crippen molar-refractivity contribution in [2.45, 2.75) is 19.8 Å². The SMILES string of the molecule is C=C(C)C1(C2C=CCC2)C(=O)NC(=O)NC1=O. The van der Waals surface area contributed by atoms with Crippen LogP contribution < -0.4 is 10.6 Å². The third-order valence-corrected chi connectivity index (χ3v) is 3.41. The van der Waals surface area contributed by atoms with E-state index < -0.39 is 23.3 Å². The first kappa shape index (κ1) is 11.6. The highest BCUT2D eigenvalue weighted by atomic mass is 16.2. The van der Waals surface area contributed by atoms with Gasteiger partial charge in [0.25, 0.3) is 0 Å². The number of allylic oxidation sites excluding steroid dienone is 2. The number of rotatable bonds is 2. The van der Waals surface area contributed by atoms with Crippen LogP contribution in [0.15, 0.2) is 24.3 Å². The van der Waals surface area contributed by atoms with Gasteiger partial charge in [0, 0.05) is 5.92 Å². The lowest BCUT2D eigenvalue weighted by atomic mass is 9.68. The number of carbonyl (C=O) groups is 3. The van der Waals surface area contributed by atoms with E-state index in [2.05, 4.69) is 17.2 Å². The molecule has 1 fully saturated rings. The lowest BCUT2D eigenvalue weighted by Crippen LogP contribution is -2.64. The average molecular weight is 234 g/mol. The highest BCUT2D eigenvalue weighted by Crippen LogP contribution is 2.42. The molecule has 5 heteroatoms. The summed E-state index contributed by atoms with van der Waals surface area (Å²) in [5, 5.41) is 4.31. The molecule has 0 radical (unpaired) electrons. The molecule has 0 bridgehead atoms. The van der Waals surface area contributed by atoms with Crippen LogP contribution in [0.3, 0.4) is 0 Å². The number of hydrogen-bond donors (Lipinski definition) is 2. The average Bonchev–Trinajstić information content (AvgIpc) is 2.69. The van der Waals surface area contributed by atoms with Crippen molar-refractivity contribution in [2.24, 2.45) is 11.3 Å². The summed E-state index contributed by atoms with van der Waals surface area (Å²) in [6.07, 6.45) is 5.33. The van der Waals surface area contributed by atoms with Gasteiger partial charge >= 0.3 is 6.03 Å². The standard InChI is InChI=1S/C12H14N2O3/c1-7(2)12(8-5-3-4-6-8)9(15)13-11(17)14-10(12)16/h3,5,8H,1,4,6H2,2H3,(H2,13,14,15,16,17). The Morgan fingerprint density at radius 1 is 1.35 bits per heavy atom. The summed E-state index contributed by atoms with van der Waals surface area (Å²) in [5.41, 5.74) is -0.891. The third-order valence-electron chi connectivity index (χ3n) is 3.41. The summed E-state index contributed by atoms with van der Waals surface area (Å²) in [7, 11) is 0. The van der Waals surface area contributed by atoms with Gasteiger partial charge in [-0.2, -0.15) is 0 Å². The molecule has 1 unspecified atom stereocenters. The summed E-state index contributed by atoms with van der Waals surface area (Å²) in [4.78, 5) is 35.3. The van der Waals surface area contributed by atoms with E-state index in [1.54, 1.807) is 6.92 Å². The van der Waals surface area contributed by atoms with Crippen LogP contribution in [0.2, 0.25) is 0 Å². The number of urea groups is 1. The summed E-state index contributed by atoms with van der Waals surface area (Å²) < 4.78 is 0. The fourth-order valence-electron chi connectivity index (χ4n) is 2.57. The molecule has 4 amide bonds. The number of hydrogen-bond acceptors (Lipinski definition) is 3. The van der Waals surface area contributed by atoms with Gasteiger partial charge in [0.2, 0.25) is 11.8 Å². The van der Waals surface area contributed by atoms with Crippen molar-refractivity contribution in [3.8, 4) is 0 Å². The van der Waals surface area contributed by atoms with E-state index in [0.717, 1.165) is 6.42 Å². The highest BCUT2D eigenvalue weighted by molar-refractivity contribution is 6.21. The van der Waals surface area contributed by atoms with E-state index in [1.165, 1.54) is 0 Å². The van der Waals surface area contributed by atoms with Gasteiger partial charge in [-0.05, 0) is 19.8 Å². The van der Waals surface area contributed by atoms with Crippen LogP contribution >= 0.6 is 0 Å². The number of imide groups is 2. The maximum absolute atomic E-state index is 12.1. The van der Waals surface area contributed by atoms with Gasteiger partial charge in [-0.3, -0.25) is 20.2 Å². The van der Waals surface area contributed by atoms with E-state index in [1.807, 2.05) is 12.2 Å². The van der Waals surface area contributed by atoms with Crippen LogP contribution in [0, 0.1) is 11.3 Å². The number of nitrogens with one attached hydrogen (secondary N) is 2. The monoisotopic (exact) mass is 234 g/mol. The Balaban J connectivity index is 2.49. The van der Waals surface area contributed by atoms with Gasteiger partial charge in [0.05, 0.1) is 0 Å². The zero-order chi connectivity index (χ0) is 12.6. The quantitative estimate of drug-likeness (QED) is 0.550. The molecule has 5 nitrogen and oxygen atoms in total. The molecule has 0 aromatic carbocycles. The molecule has 2 N–H and O–H groups in total. The van der Waals surface area contributed by atoms with Gasteiger partial charge in [-0.25, -0.2) is 4.79 Å². The highest BCUT2D eigenvalue weighted by Gasteiger charge is 2.55. The lowest BCUT2D eigenvalue weighted by Gasteiger charge is -2.38. The minimum Gasteiger partial charge on any atom is -0.277 e. The molecule has 1 atom stereocenters. The smallest absolute Gasteiger partial charge is 0.277 e. The summed E-state index contributed by atoms with van der Waals surface area (Å²) >= 11 is 0. The van der Waals surface area contributed by atoms with Crippen LogP contribution in [-0.2, 0) is 9.59 Å². The molecular formula is C12H14N2O3. The first-order valence-electron chi connectivity index (χ1n) is 5.49. The van der Waals surface area contributed by atoms with E-state index in [-0.39, 0.29) is 5.92 Å². The molecular weight excluding hydrogens is 220 g/mol. The summed E-state index contributed by atoms with van der Waals surface area (Å²) in [5.74, 6) is -1.38. The zero-order valence-electron chi connectivity index (χ0n) is 9.58. The predicted molar refractivity (Wildman–Crippen MR) is 60.8 cm³/mol. The molecule has 17 heavy (non-hydrogen) atoms. The molecule has 0 spiro atoms. The Hall–Kier alpha value is -1.91. The predicted octanol–water partition coefficient (Wildman–Crippen LogP) is 0.881. The minimum atomic E-state index is -1.35. The topological polar surface area (TPSA) is 75.3 Å². The van der Waals surface area contributed by atoms with Gasteiger partial charge in [0.1, 0.15) is 0 Å². The number of barbiturate groups is 1. The van der Waals surface area contributed by atoms with Crippen molar-refractivity contribution in [1.29, 1.82) is 0 Å². The van der Waals surface area contributed by atoms with Crippen LogP contribution in [-0.4, -0.2) is 17.8 Å². The van der Waals surface area contributed by atoms with E-state index >= 15 is 0 Å². The molecule has 1 aliphatic carbocycles. The van der Waals surface area contributed by atoms with Gasteiger partial charge < -0.3 is 0 Å². The lowest BCUT2D eigenvalue weighted by molar-refractivity contribution is -0.144. The Labute approximate surface area is 98.9 Å². The van der Waals surface area contributed by atoms with E-state index in [4.69, 9.17) is 0 Å². The molecule has 1 aliphatic heterocycles. The summed E-state index contributed by atoms with van der Waals surface area (Å²) in [6.45, 7) is 5.39. The first-order valence-corrected chi connectivity index (χ1v) is 5.49. The number of carbonyl (C=O) groups excluding carboxylic acids is 3. The molecule has 0 aromatic rings. The van der Waals surface area contributed by atoms with Gasteiger partial charge in [-0.1, -0.05) is 24.3 Å². The Kier molecular flexibility index (Phi) is 2.61. The molecule has 0 saturated carbocycles. The van der Waals surface area contributed by atoms with Crippen LogP contribution in [0.1, 0.15) is 19.8 Å². The molecule has 1 heterocycles.